The maximum absolute atomic E-state index is 12.6. The van der Waals surface area contributed by atoms with E-state index in [1.165, 1.54) is 11.1 Å². The number of benzene rings is 1. The van der Waals surface area contributed by atoms with Gasteiger partial charge in [0.1, 0.15) is 11.5 Å². The number of nitrogens with one attached hydrogen (secondary N) is 2. The number of carboxylic acid groups (broad SMARTS) is 1. The van der Waals surface area contributed by atoms with Crippen LogP contribution in [0.25, 0.3) is 22.3 Å². The smallest absolute Gasteiger partial charge is 0.338 e. The van der Waals surface area contributed by atoms with Crippen LogP contribution in [0.2, 0.25) is 0 Å². The Kier molecular flexibility index (Phi) is 5.87. The molecule has 3 rings (SSSR count). The number of aromatic nitrogens is 3. The molecule has 0 spiro atoms. The van der Waals surface area contributed by atoms with Crippen molar-refractivity contribution in [1.29, 1.82) is 0 Å². The van der Waals surface area contributed by atoms with Crippen molar-refractivity contribution >= 4 is 34.5 Å². The lowest BCUT2D eigenvalue weighted by Gasteiger charge is -2.16. The minimum absolute atomic E-state index is 0.0358. The van der Waals surface area contributed by atoms with Gasteiger partial charge in [0.15, 0.2) is 0 Å². The van der Waals surface area contributed by atoms with Crippen LogP contribution in [0.15, 0.2) is 36.5 Å². The Hall–Kier alpha value is -4.01. The number of hydrogen-bond acceptors (Lipinski definition) is 5. The van der Waals surface area contributed by atoms with Crippen LogP contribution in [0.5, 0.6) is 0 Å². The lowest BCUT2D eigenvalue weighted by Crippen LogP contribution is -2.24. The lowest BCUT2D eigenvalue weighted by molar-refractivity contribution is -0.112. The van der Waals surface area contributed by atoms with Gasteiger partial charge in [-0.25, -0.2) is 14.8 Å². The molecule has 3 N–H and O–H groups in total. The molecule has 0 aliphatic heterocycles. The first kappa shape index (κ1) is 21.7. The fourth-order valence-corrected chi connectivity index (χ4v) is 3.07. The van der Waals surface area contributed by atoms with E-state index >= 15 is 0 Å². The fraction of sp³-hybridized carbons (Fsp3) is 0.227. The van der Waals surface area contributed by atoms with E-state index in [0.717, 1.165) is 0 Å². The molecule has 3 aromatic rings. The van der Waals surface area contributed by atoms with Gasteiger partial charge in [0.25, 0.3) is 11.8 Å². The van der Waals surface area contributed by atoms with E-state index in [-0.39, 0.29) is 28.3 Å². The molecule has 9 nitrogen and oxygen atoms in total. The van der Waals surface area contributed by atoms with Gasteiger partial charge in [0, 0.05) is 37.8 Å². The van der Waals surface area contributed by atoms with Gasteiger partial charge in [-0.05, 0) is 19.1 Å². The minimum atomic E-state index is -1.12. The van der Waals surface area contributed by atoms with Gasteiger partial charge in [-0.1, -0.05) is 19.6 Å². The van der Waals surface area contributed by atoms with Gasteiger partial charge in [0.2, 0.25) is 0 Å². The molecule has 1 aromatic carbocycles. The zero-order valence-corrected chi connectivity index (χ0v) is 17.7. The van der Waals surface area contributed by atoms with Gasteiger partial charge in [0.05, 0.1) is 27.9 Å². The molecule has 0 aliphatic carbocycles. The van der Waals surface area contributed by atoms with Crippen molar-refractivity contribution in [3.05, 3.63) is 53.5 Å². The number of carbonyl (C=O) groups is 3. The molecule has 2 aromatic heterocycles. The maximum Gasteiger partial charge on any atom is 0.338 e. The van der Waals surface area contributed by atoms with E-state index in [4.69, 9.17) is 0 Å². The van der Waals surface area contributed by atoms with E-state index in [0.29, 0.717) is 34.5 Å². The quantitative estimate of drug-likeness (QED) is 0.525. The number of H-pyrrole nitrogens is 1. The Bertz CT molecular complexity index is 1230. The Morgan fingerprint density at radius 1 is 1.19 bits per heavy atom. The number of hydrogen-bond donors (Lipinski definition) is 3. The van der Waals surface area contributed by atoms with Crippen LogP contribution in [0.3, 0.4) is 0 Å². The summed E-state index contributed by atoms with van der Waals surface area (Å²) < 4.78 is 0. The molecule has 0 bridgehead atoms. The number of aryl methyl sites for hydroxylation is 1. The van der Waals surface area contributed by atoms with Gasteiger partial charge < -0.3 is 20.3 Å². The van der Waals surface area contributed by atoms with Crippen LogP contribution in [0, 0.1) is 0 Å². The number of carbonyl (C=O) groups excluding carboxylic acids is 2. The Morgan fingerprint density at radius 3 is 2.48 bits per heavy atom. The summed E-state index contributed by atoms with van der Waals surface area (Å²) in [6.45, 7) is 7.09. The predicted octanol–water partition coefficient (Wildman–Crippen LogP) is 3.10. The molecule has 0 atom stereocenters. The summed E-state index contributed by atoms with van der Waals surface area (Å²) in [6.07, 6.45) is 1.92. The summed E-state index contributed by atoms with van der Waals surface area (Å²) >= 11 is 0. The van der Waals surface area contributed by atoms with E-state index in [9.17, 15) is 19.5 Å². The Morgan fingerprint density at radius 2 is 1.90 bits per heavy atom. The molecule has 0 radical (unpaired) electrons. The number of nitrogens with zero attached hydrogens (tertiary/aromatic N) is 3. The van der Waals surface area contributed by atoms with E-state index < -0.39 is 11.9 Å². The van der Waals surface area contributed by atoms with Crippen molar-refractivity contribution in [1.82, 2.24) is 19.9 Å². The first-order chi connectivity index (χ1) is 14.6. The highest BCUT2D eigenvalue weighted by Crippen LogP contribution is 2.32. The van der Waals surface area contributed by atoms with Crippen LogP contribution < -0.4 is 5.32 Å². The van der Waals surface area contributed by atoms with E-state index in [2.05, 4.69) is 26.8 Å². The third-order valence-electron chi connectivity index (χ3n) is 4.69. The van der Waals surface area contributed by atoms with Crippen LogP contribution >= 0.6 is 0 Å². The number of rotatable bonds is 6. The second-order valence-corrected chi connectivity index (χ2v) is 7.27. The topological polar surface area (TPSA) is 128 Å². The highest BCUT2D eigenvalue weighted by atomic mass is 16.4. The molecule has 2 amide bonds. The average molecular weight is 421 g/mol. The van der Waals surface area contributed by atoms with Gasteiger partial charge in [-0.3, -0.25) is 9.59 Å². The highest BCUT2D eigenvalue weighted by Gasteiger charge is 2.21. The predicted molar refractivity (Wildman–Crippen MR) is 117 cm³/mol. The summed E-state index contributed by atoms with van der Waals surface area (Å²) in [7, 11) is 3.22. The number of aromatic amines is 1. The third kappa shape index (κ3) is 4.16. The molecule has 0 unspecified atom stereocenters. The lowest BCUT2D eigenvalue weighted by atomic mass is 10.0. The number of fused-ring (bicyclic) bond motifs is 1. The summed E-state index contributed by atoms with van der Waals surface area (Å²) in [5, 5.41) is 12.7. The second kappa shape index (κ2) is 8.39. The van der Waals surface area contributed by atoms with Crippen molar-refractivity contribution < 1.29 is 19.5 Å². The number of anilines is 1. The molecule has 31 heavy (non-hydrogen) atoms. The SMILES string of the molecule is C=C(C)C(=O)Nc1cc(-c2nc(CC)nc3[nH]cc(C(=O)O)c23)ccc1C(=O)N(C)C. The average Bonchev–Trinajstić information content (AvgIpc) is 3.16. The highest BCUT2D eigenvalue weighted by molar-refractivity contribution is 6.10. The van der Waals surface area contributed by atoms with E-state index in [1.54, 1.807) is 39.2 Å². The van der Waals surface area contributed by atoms with Gasteiger partial charge in [-0.2, -0.15) is 0 Å². The largest absolute Gasteiger partial charge is 0.478 e. The molecule has 0 saturated heterocycles. The Labute approximate surface area is 178 Å². The normalized spacial score (nSPS) is 10.7. The number of aromatic carboxylic acids is 1. The molecule has 0 aliphatic rings. The second-order valence-electron chi connectivity index (χ2n) is 7.27. The monoisotopic (exact) mass is 421 g/mol. The molecule has 160 valence electrons. The maximum atomic E-state index is 12.6. The minimum Gasteiger partial charge on any atom is -0.478 e. The molecular weight excluding hydrogens is 398 g/mol. The molecule has 0 fully saturated rings. The van der Waals surface area contributed by atoms with Crippen molar-refractivity contribution in [2.24, 2.45) is 0 Å². The van der Waals surface area contributed by atoms with Crippen molar-refractivity contribution in [3.63, 3.8) is 0 Å². The summed E-state index contributed by atoms with van der Waals surface area (Å²) in [6, 6.07) is 4.86. The van der Waals surface area contributed by atoms with Crippen LogP contribution in [-0.4, -0.2) is 56.8 Å². The van der Waals surface area contributed by atoms with Crippen LogP contribution in [-0.2, 0) is 11.2 Å². The number of carboxylic acids is 1. The molecule has 2 heterocycles. The van der Waals surface area contributed by atoms with Gasteiger partial charge in [-0.15, -0.1) is 0 Å². The van der Waals surface area contributed by atoms with E-state index in [1.807, 2.05) is 6.92 Å². The fourth-order valence-electron chi connectivity index (χ4n) is 3.07. The molecule has 0 saturated carbocycles. The Balaban J connectivity index is 2.27. The van der Waals surface area contributed by atoms with Crippen molar-refractivity contribution in [2.45, 2.75) is 20.3 Å². The summed E-state index contributed by atoms with van der Waals surface area (Å²) in [5.74, 6) is -1.31. The zero-order chi connectivity index (χ0) is 22.9. The van der Waals surface area contributed by atoms with Crippen LogP contribution in [0.4, 0.5) is 5.69 Å². The van der Waals surface area contributed by atoms with Crippen LogP contribution in [0.1, 0.15) is 40.4 Å². The first-order valence-corrected chi connectivity index (χ1v) is 9.58. The molecule has 9 heteroatoms. The summed E-state index contributed by atoms with van der Waals surface area (Å²) in [5.41, 5.74) is 2.23. The van der Waals surface area contributed by atoms with Gasteiger partial charge >= 0.3 is 5.97 Å². The summed E-state index contributed by atoms with van der Waals surface area (Å²) in [4.78, 5) is 49.8. The third-order valence-corrected chi connectivity index (χ3v) is 4.69. The first-order valence-electron chi connectivity index (χ1n) is 9.58. The molecular formula is C22H23N5O4. The van der Waals surface area contributed by atoms with Crippen molar-refractivity contribution in [3.8, 4) is 11.3 Å². The zero-order valence-electron chi connectivity index (χ0n) is 17.7. The number of amides is 2. The van der Waals surface area contributed by atoms with Crippen molar-refractivity contribution in [2.75, 3.05) is 19.4 Å². The standard InChI is InChI=1S/C22H23N5O4/c1-6-16-25-18(17-14(22(30)31)10-23-19(17)26-16)12-7-8-13(21(29)27(4)5)15(9-12)24-20(28)11(2)3/h7-10H,2,6H2,1,3-5H3,(H,24,28)(H,30,31)(H,23,25,26).